The molecule has 27 heavy (non-hydrogen) atoms. The minimum absolute atomic E-state index is 0.0140. The van der Waals surface area contributed by atoms with Gasteiger partial charge >= 0.3 is 0 Å². The Kier molecular flexibility index (Phi) is 4.53. The van der Waals surface area contributed by atoms with Gasteiger partial charge in [-0.05, 0) is 65.4 Å². The lowest BCUT2D eigenvalue weighted by Crippen LogP contribution is -2.48. The zero-order chi connectivity index (χ0) is 18.8. The summed E-state index contributed by atoms with van der Waals surface area (Å²) in [4.78, 5) is 16.9. The van der Waals surface area contributed by atoms with Crippen molar-refractivity contribution in [2.75, 3.05) is 31.1 Å². The van der Waals surface area contributed by atoms with Crippen molar-refractivity contribution in [1.29, 1.82) is 0 Å². The second-order valence-corrected chi connectivity index (χ2v) is 6.51. The maximum absolute atomic E-state index is 13.1. The van der Waals surface area contributed by atoms with Gasteiger partial charge in [-0.1, -0.05) is 0 Å². The summed E-state index contributed by atoms with van der Waals surface area (Å²) in [6.07, 6.45) is 1.53. The van der Waals surface area contributed by atoms with Crippen molar-refractivity contribution in [3.8, 4) is 5.69 Å². The van der Waals surface area contributed by atoms with Crippen molar-refractivity contribution in [2.24, 2.45) is 0 Å². The normalized spacial score (nSPS) is 14.4. The fourth-order valence-corrected chi connectivity index (χ4v) is 3.32. The summed E-state index contributed by atoms with van der Waals surface area (Å²) in [7, 11) is 0. The average Bonchev–Trinajstić information content (AvgIpc) is 3.22. The summed E-state index contributed by atoms with van der Waals surface area (Å²) in [6, 6.07) is 12.0. The maximum atomic E-state index is 13.1. The van der Waals surface area contributed by atoms with Crippen LogP contribution in [0.4, 0.5) is 10.1 Å². The molecule has 2 heterocycles. The van der Waals surface area contributed by atoms with E-state index in [0.717, 1.165) is 30.0 Å². The van der Waals surface area contributed by atoms with Gasteiger partial charge in [0.25, 0.3) is 5.91 Å². The molecule has 0 atom stereocenters. The van der Waals surface area contributed by atoms with Crippen LogP contribution in [0, 0.1) is 12.7 Å². The van der Waals surface area contributed by atoms with Crippen LogP contribution < -0.4 is 4.90 Å². The number of hydrogen-bond acceptors (Lipinski definition) is 5. The highest BCUT2D eigenvalue weighted by Gasteiger charge is 2.23. The minimum atomic E-state index is -0.243. The van der Waals surface area contributed by atoms with Gasteiger partial charge < -0.3 is 9.80 Å². The van der Waals surface area contributed by atoms with E-state index >= 15 is 0 Å². The molecule has 4 rings (SSSR count). The number of carbonyl (C=O) groups is 1. The molecular formula is C19H19FN6O. The molecule has 3 aromatic rings. The molecule has 1 saturated heterocycles. The predicted molar refractivity (Wildman–Crippen MR) is 98.4 cm³/mol. The first-order valence-corrected chi connectivity index (χ1v) is 8.75. The Bertz CT molecular complexity index is 933. The smallest absolute Gasteiger partial charge is 0.253 e. The van der Waals surface area contributed by atoms with Gasteiger partial charge in [0, 0.05) is 37.4 Å². The first-order valence-electron chi connectivity index (χ1n) is 8.75. The Morgan fingerprint density at radius 3 is 2.41 bits per heavy atom. The van der Waals surface area contributed by atoms with E-state index in [1.165, 1.54) is 18.5 Å². The molecule has 0 aliphatic carbocycles. The van der Waals surface area contributed by atoms with E-state index in [2.05, 4.69) is 20.4 Å². The van der Waals surface area contributed by atoms with Crippen LogP contribution in [0.3, 0.4) is 0 Å². The lowest BCUT2D eigenvalue weighted by molar-refractivity contribution is 0.0746. The minimum Gasteiger partial charge on any atom is -0.368 e. The van der Waals surface area contributed by atoms with Gasteiger partial charge in [-0.3, -0.25) is 4.79 Å². The number of anilines is 1. The highest BCUT2D eigenvalue weighted by atomic mass is 19.1. The molecule has 1 aromatic heterocycles. The molecule has 8 heteroatoms. The van der Waals surface area contributed by atoms with Crippen molar-refractivity contribution >= 4 is 11.6 Å². The topological polar surface area (TPSA) is 67.2 Å². The second-order valence-electron chi connectivity index (χ2n) is 6.51. The van der Waals surface area contributed by atoms with Gasteiger partial charge in [0.05, 0.1) is 5.69 Å². The Balaban J connectivity index is 1.43. The molecule has 138 valence electrons. The molecule has 2 aromatic carbocycles. The number of benzene rings is 2. The maximum Gasteiger partial charge on any atom is 0.253 e. The number of aromatic nitrogens is 4. The second kappa shape index (κ2) is 7.14. The van der Waals surface area contributed by atoms with Gasteiger partial charge in [-0.2, -0.15) is 0 Å². The van der Waals surface area contributed by atoms with E-state index < -0.39 is 0 Å². The fraction of sp³-hybridized carbons (Fsp3) is 0.263. The number of amides is 1. The fourth-order valence-electron chi connectivity index (χ4n) is 3.32. The van der Waals surface area contributed by atoms with Crippen molar-refractivity contribution in [3.63, 3.8) is 0 Å². The average molecular weight is 366 g/mol. The number of rotatable bonds is 3. The lowest BCUT2D eigenvalue weighted by atomic mass is 10.1. The molecule has 1 aliphatic rings. The van der Waals surface area contributed by atoms with Crippen LogP contribution in [0.5, 0.6) is 0 Å². The van der Waals surface area contributed by atoms with Gasteiger partial charge in [-0.15, -0.1) is 5.10 Å². The highest BCUT2D eigenvalue weighted by Crippen LogP contribution is 2.19. The number of halogens is 1. The SMILES string of the molecule is Cc1cc(C(=O)N2CCN(c3ccc(F)cc3)CC2)ccc1-n1cnnn1. The molecule has 0 bridgehead atoms. The Labute approximate surface area is 156 Å². The number of hydrogen-bond donors (Lipinski definition) is 0. The first kappa shape index (κ1) is 17.1. The molecule has 0 spiro atoms. The molecular weight excluding hydrogens is 347 g/mol. The van der Waals surface area contributed by atoms with Gasteiger partial charge in [0.2, 0.25) is 0 Å². The quantitative estimate of drug-likeness (QED) is 0.710. The van der Waals surface area contributed by atoms with Crippen LogP contribution in [0.2, 0.25) is 0 Å². The number of tetrazole rings is 1. The van der Waals surface area contributed by atoms with E-state index in [9.17, 15) is 9.18 Å². The molecule has 0 radical (unpaired) electrons. The standard InChI is InChI=1S/C19H19FN6O/c1-14-12-15(2-7-18(14)26-13-21-22-23-26)19(27)25-10-8-24(9-11-25)17-5-3-16(20)4-6-17/h2-7,12-13H,8-11H2,1H3. The van der Waals surface area contributed by atoms with Crippen LogP contribution in [-0.4, -0.2) is 57.2 Å². The van der Waals surface area contributed by atoms with Crippen LogP contribution in [0.25, 0.3) is 5.69 Å². The van der Waals surface area contributed by atoms with Crippen molar-refractivity contribution in [1.82, 2.24) is 25.1 Å². The van der Waals surface area contributed by atoms with Gasteiger partial charge in [0.15, 0.2) is 0 Å². The van der Waals surface area contributed by atoms with Crippen LogP contribution in [0.15, 0.2) is 48.8 Å². The van der Waals surface area contributed by atoms with Crippen LogP contribution >= 0.6 is 0 Å². The van der Waals surface area contributed by atoms with E-state index in [-0.39, 0.29) is 11.7 Å². The summed E-state index contributed by atoms with van der Waals surface area (Å²) in [5, 5.41) is 11.2. The van der Waals surface area contributed by atoms with E-state index in [1.807, 2.05) is 24.0 Å². The van der Waals surface area contributed by atoms with Crippen molar-refractivity contribution < 1.29 is 9.18 Å². The highest BCUT2D eigenvalue weighted by molar-refractivity contribution is 5.94. The summed E-state index contributed by atoms with van der Waals surface area (Å²) in [5.74, 6) is -0.229. The lowest BCUT2D eigenvalue weighted by Gasteiger charge is -2.36. The number of aryl methyl sites for hydroxylation is 1. The van der Waals surface area contributed by atoms with Gasteiger partial charge in [-0.25, -0.2) is 9.07 Å². The van der Waals surface area contributed by atoms with E-state index in [1.54, 1.807) is 22.9 Å². The summed E-state index contributed by atoms with van der Waals surface area (Å²) in [6.45, 7) is 4.63. The molecule has 0 saturated carbocycles. The Morgan fingerprint density at radius 1 is 1.04 bits per heavy atom. The zero-order valence-corrected chi connectivity index (χ0v) is 14.9. The van der Waals surface area contributed by atoms with Crippen molar-refractivity contribution in [3.05, 3.63) is 65.7 Å². The third kappa shape index (κ3) is 3.51. The number of nitrogens with zero attached hydrogens (tertiary/aromatic N) is 6. The number of piperazine rings is 1. The van der Waals surface area contributed by atoms with Crippen LogP contribution in [-0.2, 0) is 0 Å². The molecule has 1 fully saturated rings. The number of carbonyl (C=O) groups excluding carboxylic acids is 1. The summed E-state index contributed by atoms with van der Waals surface area (Å²) >= 11 is 0. The molecule has 1 amide bonds. The Hall–Kier alpha value is -3.29. The molecule has 0 N–H and O–H groups in total. The van der Waals surface area contributed by atoms with Gasteiger partial charge in [0.1, 0.15) is 12.1 Å². The molecule has 7 nitrogen and oxygen atoms in total. The third-order valence-electron chi connectivity index (χ3n) is 4.80. The Morgan fingerprint density at radius 2 is 1.78 bits per heavy atom. The van der Waals surface area contributed by atoms with Crippen molar-refractivity contribution in [2.45, 2.75) is 6.92 Å². The predicted octanol–water partition coefficient (Wildman–Crippen LogP) is 2.07. The molecule has 1 aliphatic heterocycles. The van der Waals surface area contributed by atoms with Crippen LogP contribution in [0.1, 0.15) is 15.9 Å². The molecule has 0 unspecified atom stereocenters. The van der Waals surface area contributed by atoms with E-state index in [4.69, 9.17) is 0 Å². The van der Waals surface area contributed by atoms with E-state index in [0.29, 0.717) is 18.7 Å². The first-order chi connectivity index (χ1) is 13.1. The summed E-state index contributed by atoms with van der Waals surface area (Å²) in [5.41, 5.74) is 3.40. The monoisotopic (exact) mass is 366 g/mol. The zero-order valence-electron chi connectivity index (χ0n) is 14.9. The third-order valence-corrected chi connectivity index (χ3v) is 4.80. The largest absolute Gasteiger partial charge is 0.368 e. The summed E-state index contributed by atoms with van der Waals surface area (Å²) < 4.78 is 14.7.